The lowest BCUT2D eigenvalue weighted by atomic mass is 9.74. The van der Waals surface area contributed by atoms with E-state index in [4.69, 9.17) is 18.6 Å². The van der Waals surface area contributed by atoms with E-state index in [1.165, 1.54) is 13.2 Å². The summed E-state index contributed by atoms with van der Waals surface area (Å²) in [5.74, 6) is 1.61. The van der Waals surface area contributed by atoms with Crippen LogP contribution in [0.15, 0.2) is 124 Å². The molecule has 12 nitrogen and oxygen atoms in total. The van der Waals surface area contributed by atoms with E-state index in [-0.39, 0.29) is 77.8 Å². The number of phenolic OH excluding ortho intramolecular Hbond substituents is 1. The Balaban J connectivity index is 1.13. The molecule has 7 aromatic rings. The monoisotopic (exact) mass is 957 g/mol. The molecule has 4 aliphatic rings. The first-order valence-electron chi connectivity index (χ1n) is 25.1. The quantitative estimate of drug-likeness (QED) is 0.0773. The molecule has 12 heteroatoms. The van der Waals surface area contributed by atoms with Gasteiger partial charge in [0.15, 0.2) is 16.9 Å². The van der Waals surface area contributed by atoms with Crippen LogP contribution in [0.3, 0.4) is 0 Å². The van der Waals surface area contributed by atoms with Gasteiger partial charge in [0.1, 0.15) is 28.3 Å². The predicted octanol–water partition coefficient (Wildman–Crippen LogP) is 9.29. The van der Waals surface area contributed by atoms with Crippen molar-refractivity contribution in [3.63, 3.8) is 0 Å². The summed E-state index contributed by atoms with van der Waals surface area (Å²) < 4.78 is 26.6. The number of aryl methyl sites for hydroxylation is 3. The van der Waals surface area contributed by atoms with Crippen LogP contribution in [0.2, 0.25) is 0 Å². The molecule has 6 bridgehead atoms. The Bertz CT molecular complexity index is 3070. The number of phenols is 1. The summed E-state index contributed by atoms with van der Waals surface area (Å²) in [4.78, 5) is 21.0. The number of fused-ring (bicyclic) bond motifs is 5. The summed E-state index contributed by atoms with van der Waals surface area (Å²) in [7, 11) is 1.52. The number of H-pyrrole nitrogens is 1. The molecule has 368 valence electrons. The first-order chi connectivity index (χ1) is 34.7. The van der Waals surface area contributed by atoms with Crippen molar-refractivity contribution < 1.29 is 39.1 Å². The van der Waals surface area contributed by atoms with Crippen LogP contribution in [-0.2, 0) is 25.7 Å². The smallest absolute Gasteiger partial charge is 0.204 e. The molecule has 0 saturated carbocycles. The van der Waals surface area contributed by atoms with E-state index in [2.05, 4.69) is 70.7 Å². The van der Waals surface area contributed by atoms with Crippen molar-refractivity contribution in [2.75, 3.05) is 51.5 Å². The molecule has 11 rings (SSSR count). The highest BCUT2D eigenvalue weighted by Crippen LogP contribution is 2.49. The van der Waals surface area contributed by atoms with Gasteiger partial charge in [-0.2, -0.15) is 0 Å². The molecule has 5 atom stereocenters. The van der Waals surface area contributed by atoms with Gasteiger partial charge in [-0.15, -0.1) is 0 Å². The van der Waals surface area contributed by atoms with Gasteiger partial charge >= 0.3 is 0 Å². The van der Waals surface area contributed by atoms with Crippen molar-refractivity contribution in [1.82, 2.24) is 10.3 Å². The normalized spacial score (nSPS) is 19.6. The van der Waals surface area contributed by atoms with Gasteiger partial charge in [-0.05, 0) is 108 Å². The number of anilines is 1. The zero-order chi connectivity index (χ0) is 49.0. The predicted molar refractivity (Wildman–Crippen MR) is 278 cm³/mol. The highest BCUT2D eigenvalue weighted by Gasteiger charge is 2.35. The molecule has 5 aromatic carbocycles. The number of hydrogen-bond acceptors (Lipinski definition) is 11. The van der Waals surface area contributed by atoms with E-state index in [1.54, 1.807) is 30.3 Å². The maximum absolute atomic E-state index is 14.7. The number of aromatic nitrogens is 1. The third-order valence-electron chi connectivity index (χ3n) is 14.6. The Labute approximate surface area is 414 Å². The zero-order valence-electron chi connectivity index (χ0n) is 40.4. The first kappa shape index (κ1) is 47.8. The van der Waals surface area contributed by atoms with Crippen molar-refractivity contribution in [1.29, 1.82) is 0 Å². The van der Waals surface area contributed by atoms with E-state index >= 15 is 0 Å². The number of aliphatic hydroxyl groups is 3. The fraction of sp³-hybridized carbons (Fsp3) is 0.339. The highest BCUT2D eigenvalue weighted by atomic mass is 16.5. The number of nitrogens with one attached hydrogen (secondary N) is 2. The summed E-state index contributed by atoms with van der Waals surface area (Å²) in [5, 5.41) is 47.9. The Morgan fingerprint density at radius 1 is 0.901 bits per heavy atom. The minimum absolute atomic E-state index is 0.0223. The zero-order valence-corrected chi connectivity index (χ0v) is 40.4. The average Bonchev–Trinajstić information content (AvgIpc) is 3.83. The van der Waals surface area contributed by atoms with Crippen LogP contribution in [0.5, 0.6) is 23.0 Å². The maximum Gasteiger partial charge on any atom is 0.204 e. The van der Waals surface area contributed by atoms with Crippen LogP contribution in [0.25, 0.3) is 39.5 Å². The molecule has 71 heavy (non-hydrogen) atoms. The molecule has 0 radical (unpaired) electrons. The third-order valence-corrected chi connectivity index (χ3v) is 14.6. The number of aromatic hydroxyl groups is 1. The molecule has 0 spiro atoms. The lowest BCUT2D eigenvalue weighted by Gasteiger charge is -2.38. The van der Waals surface area contributed by atoms with Crippen molar-refractivity contribution in [2.24, 2.45) is 5.92 Å². The fourth-order valence-corrected chi connectivity index (χ4v) is 10.8. The van der Waals surface area contributed by atoms with Crippen LogP contribution < -0.4 is 29.9 Å². The van der Waals surface area contributed by atoms with E-state index in [0.29, 0.717) is 48.3 Å². The van der Waals surface area contributed by atoms with Crippen molar-refractivity contribution in [3.8, 4) is 45.4 Å². The van der Waals surface area contributed by atoms with Crippen LogP contribution >= 0.6 is 0 Å². The molecular weight excluding hydrogens is 895 g/mol. The number of piperazine rings is 1. The third kappa shape index (κ3) is 10.1. The average molecular weight is 958 g/mol. The number of ether oxygens (including phenoxy) is 3. The molecule has 0 amide bonds. The summed E-state index contributed by atoms with van der Waals surface area (Å²) in [5.41, 5.74) is 9.48. The molecular formula is C59H63N3O9. The molecule has 3 aliphatic heterocycles. The van der Waals surface area contributed by atoms with E-state index in [9.17, 15) is 25.2 Å². The van der Waals surface area contributed by atoms with Crippen LogP contribution in [-0.4, -0.2) is 84.1 Å². The minimum atomic E-state index is -0.850. The maximum atomic E-state index is 14.7. The topological polar surface area (TPSA) is 170 Å². The second-order valence-corrected chi connectivity index (χ2v) is 19.2. The van der Waals surface area contributed by atoms with Gasteiger partial charge in [0, 0.05) is 73.1 Å². The van der Waals surface area contributed by atoms with Crippen LogP contribution in [0.4, 0.5) is 5.82 Å². The summed E-state index contributed by atoms with van der Waals surface area (Å²) in [6.07, 6.45) is 6.01. The second kappa shape index (κ2) is 21.3. The summed E-state index contributed by atoms with van der Waals surface area (Å²) >= 11 is 0. The van der Waals surface area contributed by atoms with E-state index < -0.39 is 12.2 Å². The Morgan fingerprint density at radius 3 is 2.55 bits per heavy atom. The van der Waals surface area contributed by atoms with Gasteiger partial charge in [-0.1, -0.05) is 91.9 Å². The number of rotatable bonds is 10. The number of methoxy groups -OCH3 is 1. The SMILES string of the molecule is CCc1cc2c([nH]1)N1CCNCC1Cc1ccc3c(c1)C(O)CCC3C(CO)COc1c(OC)c(OCCC(O)C=Cc3ccccc3)c3c(=O)cc(-c4ccc(O)cc4)oc3c1CCc1cccc-2c1. The standard InChI is InChI=1S/C59H63N3O9/c1-3-42-31-49-40-11-7-10-37(28-40)13-21-48-55-54(52(67)32-53(71-55)39-15-18-44(64)19-16-39)57(69-27-24-45(65)17-12-36-8-5-4-6-9-36)58(68-2)56(48)70-35-41(34-63)46-22-23-51(66)50-30-38(14-20-47(46)50)29-43-33-60-25-26-62(43)59(49)61-42/h4-12,14-20,28,30-32,41,43,45-46,51,60-61,63-66H,3,13,21-27,29,33-35H2,1-2H3. The summed E-state index contributed by atoms with van der Waals surface area (Å²) in [6.45, 7) is 4.58. The first-order valence-corrected chi connectivity index (χ1v) is 25.1. The fourth-order valence-electron chi connectivity index (χ4n) is 10.8. The largest absolute Gasteiger partial charge is 0.508 e. The lowest BCUT2D eigenvalue weighted by molar-refractivity contribution is 0.105. The van der Waals surface area contributed by atoms with Crippen molar-refractivity contribution >= 4 is 22.9 Å². The molecule has 5 heterocycles. The molecule has 1 fully saturated rings. The molecule has 6 N–H and O–H groups in total. The van der Waals surface area contributed by atoms with Gasteiger partial charge in [0.05, 0.1) is 32.5 Å². The van der Waals surface area contributed by atoms with Gasteiger partial charge in [0.25, 0.3) is 0 Å². The van der Waals surface area contributed by atoms with Gasteiger partial charge < -0.3 is 54.3 Å². The molecule has 5 unspecified atom stereocenters. The summed E-state index contributed by atoms with van der Waals surface area (Å²) in [6, 6.07) is 35.1. The number of benzene rings is 5. The molecule has 1 saturated heterocycles. The highest BCUT2D eigenvalue weighted by molar-refractivity contribution is 5.93. The Kier molecular flexibility index (Phi) is 14.3. The second-order valence-electron chi connectivity index (χ2n) is 19.2. The molecule has 1 aliphatic carbocycles. The number of aromatic amines is 1. The van der Waals surface area contributed by atoms with E-state index in [0.717, 1.165) is 82.9 Å². The van der Waals surface area contributed by atoms with Gasteiger partial charge in [-0.25, -0.2) is 0 Å². The number of aliphatic hydroxyl groups excluding tert-OH is 3. The minimum Gasteiger partial charge on any atom is -0.508 e. The van der Waals surface area contributed by atoms with Gasteiger partial charge in [0.2, 0.25) is 5.75 Å². The van der Waals surface area contributed by atoms with Crippen LogP contribution in [0, 0.1) is 5.92 Å². The van der Waals surface area contributed by atoms with Crippen molar-refractivity contribution in [2.45, 2.75) is 76.0 Å². The van der Waals surface area contributed by atoms with Crippen LogP contribution in [0.1, 0.15) is 77.3 Å². The van der Waals surface area contributed by atoms with Crippen molar-refractivity contribution in [3.05, 3.63) is 165 Å². The Morgan fingerprint density at radius 2 is 1.75 bits per heavy atom. The molecule has 2 aromatic heterocycles. The number of hydrogen-bond donors (Lipinski definition) is 6. The number of nitrogens with zero attached hydrogens (tertiary/aromatic N) is 1. The lowest BCUT2D eigenvalue weighted by Crippen LogP contribution is -2.52. The Hall–Kier alpha value is -6.83. The van der Waals surface area contributed by atoms with E-state index in [1.807, 2.05) is 36.4 Å². The van der Waals surface area contributed by atoms with Gasteiger partial charge in [-0.3, -0.25) is 4.79 Å².